The number of methoxy groups -OCH3 is 1. The summed E-state index contributed by atoms with van der Waals surface area (Å²) in [5.41, 5.74) is 1.04. The van der Waals surface area contributed by atoms with E-state index in [-0.39, 0.29) is 11.5 Å². The highest BCUT2D eigenvalue weighted by Crippen LogP contribution is 2.32. The van der Waals surface area contributed by atoms with Crippen LogP contribution >= 0.6 is 23.4 Å². The van der Waals surface area contributed by atoms with E-state index in [9.17, 15) is 19.2 Å². The lowest BCUT2D eigenvalue weighted by Gasteiger charge is -2.13. The van der Waals surface area contributed by atoms with Gasteiger partial charge in [0.05, 0.1) is 22.7 Å². The molecule has 0 unspecified atom stereocenters. The van der Waals surface area contributed by atoms with E-state index in [0.29, 0.717) is 22.0 Å². The van der Waals surface area contributed by atoms with Crippen molar-refractivity contribution in [1.82, 2.24) is 4.90 Å². The Morgan fingerprint density at radius 3 is 2.52 bits per heavy atom. The Morgan fingerprint density at radius 2 is 1.84 bits per heavy atom. The first-order valence-corrected chi connectivity index (χ1v) is 10.2. The minimum Gasteiger partial charge on any atom is -0.482 e. The number of anilines is 1. The summed E-state index contributed by atoms with van der Waals surface area (Å²) in [4.78, 5) is 49.2. The van der Waals surface area contributed by atoms with Crippen LogP contribution in [0.25, 0.3) is 6.08 Å². The molecule has 0 bridgehead atoms. The zero-order valence-corrected chi connectivity index (χ0v) is 17.9. The lowest BCUT2D eigenvalue weighted by Crippen LogP contribution is -2.36. The van der Waals surface area contributed by atoms with Gasteiger partial charge in [-0.15, -0.1) is 0 Å². The number of nitrogens with one attached hydrogen (secondary N) is 1. The molecular weight excluding hydrogens is 444 g/mol. The van der Waals surface area contributed by atoms with E-state index >= 15 is 0 Å². The molecule has 0 spiro atoms. The van der Waals surface area contributed by atoms with Crippen molar-refractivity contribution in [3.8, 4) is 5.75 Å². The number of thioether (sulfide) groups is 1. The maximum atomic E-state index is 12.6. The molecule has 2 aromatic rings. The summed E-state index contributed by atoms with van der Waals surface area (Å²) in [7, 11) is 1.27. The molecule has 0 saturated carbocycles. The molecule has 10 heteroatoms. The zero-order chi connectivity index (χ0) is 22.4. The van der Waals surface area contributed by atoms with Crippen molar-refractivity contribution >= 4 is 58.1 Å². The van der Waals surface area contributed by atoms with Crippen LogP contribution in [0.1, 0.15) is 5.56 Å². The van der Waals surface area contributed by atoms with Crippen LogP contribution in [0.15, 0.2) is 53.4 Å². The third kappa shape index (κ3) is 5.87. The Morgan fingerprint density at radius 1 is 1.13 bits per heavy atom. The average molecular weight is 461 g/mol. The summed E-state index contributed by atoms with van der Waals surface area (Å²) in [5, 5.41) is 2.39. The second kappa shape index (κ2) is 10.1. The monoisotopic (exact) mass is 460 g/mol. The summed E-state index contributed by atoms with van der Waals surface area (Å²) in [6.45, 7) is -0.640. The number of carbonyl (C=O) groups excluding carboxylic acids is 4. The van der Waals surface area contributed by atoms with Crippen LogP contribution < -0.4 is 10.1 Å². The number of hydrogen-bond acceptors (Lipinski definition) is 7. The van der Waals surface area contributed by atoms with Gasteiger partial charge in [-0.25, -0.2) is 4.79 Å². The van der Waals surface area contributed by atoms with Gasteiger partial charge in [0.1, 0.15) is 12.3 Å². The minimum absolute atomic E-state index is 0.193. The first-order valence-electron chi connectivity index (χ1n) is 8.97. The maximum absolute atomic E-state index is 12.6. The summed E-state index contributed by atoms with van der Waals surface area (Å²) >= 11 is 6.75. The quantitative estimate of drug-likeness (QED) is 0.497. The van der Waals surface area contributed by atoms with Crippen molar-refractivity contribution in [2.24, 2.45) is 0 Å². The molecule has 0 aromatic heterocycles. The lowest BCUT2D eigenvalue weighted by molar-refractivity contribution is -0.142. The predicted octanol–water partition coefficient (Wildman–Crippen LogP) is 3.57. The van der Waals surface area contributed by atoms with Gasteiger partial charge in [0.2, 0.25) is 5.91 Å². The number of imide groups is 1. The number of esters is 1. The Bertz CT molecular complexity index is 1050. The first kappa shape index (κ1) is 22.4. The van der Waals surface area contributed by atoms with E-state index in [1.165, 1.54) is 7.11 Å². The minimum atomic E-state index is -0.560. The average Bonchev–Trinajstić information content (AvgIpc) is 3.02. The summed E-state index contributed by atoms with van der Waals surface area (Å²) in [5.74, 6) is -1.15. The van der Waals surface area contributed by atoms with Crippen molar-refractivity contribution in [2.75, 3.05) is 25.6 Å². The zero-order valence-electron chi connectivity index (χ0n) is 16.3. The number of amides is 3. The van der Waals surface area contributed by atoms with Gasteiger partial charge >= 0.3 is 5.97 Å². The molecular formula is C21H17ClN2O6S. The van der Waals surface area contributed by atoms with Gasteiger partial charge in [-0.2, -0.15) is 0 Å². The Kier molecular flexibility index (Phi) is 7.32. The number of rotatable bonds is 7. The Labute approximate surface area is 187 Å². The van der Waals surface area contributed by atoms with Gasteiger partial charge in [-0.05, 0) is 47.7 Å². The normalized spacial score (nSPS) is 14.6. The Balaban J connectivity index is 1.62. The van der Waals surface area contributed by atoms with Crippen molar-refractivity contribution in [3.63, 3.8) is 0 Å². The van der Waals surface area contributed by atoms with E-state index in [4.69, 9.17) is 16.3 Å². The second-order valence-corrected chi connectivity index (χ2v) is 7.63. The van der Waals surface area contributed by atoms with E-state index in [1.807, 2.05) is 0 Å². The number of hydrogen-bond donors (Lipinski definition) is 1. The van der Waals surface area contributed by atoms with Crippen LogP contribution in [-0.4, -0.2) is 48.2 Å². The number of ether oxygens (including phenoxy) is 2. The topological polar surface area (TPSA) is 102 Å². The molecule has 1 aliphatic rings. The highest BCUT2D eigenvalue weighted by atomic mass is 35.5. The highest BCUT2D eigenvalue weighted by molar-refractivity contribution is 8.18. The second-order valence-electron chi connectivity index (χ2n) is 6.23. The molecule has 1 heterocycles. The highest BCUT2D eigenvalue weighted by Gasteiger charge is 2.36. The molecule has 0 radical (unpaired) electrons. The van der Waals surface area contributed by atoms with Crippen molar-refractivity contribution in [3.05, 3.63) is 64.0 Å². The van der Waals surface area contributed by atoms with Crippen LogP contribution in [0, 0.1) is 0 Å². The standard InChI is InChI=1S/C21H17ClN2O6S/c1-29-19(26)12-30-14-8-6-13(7-9-14)10-17-20(27)24(21(28)31-17)11-18(25)23-16-5-3-2-4-15(16)22/h2-10H,11-12H2,1H3,(H,23,25)/b17-10+. The van der Waals surface area contributed by atoms with Crippen molar-refractivity contribution in [2.45, 2.75) is 0 Å². The number of halogens is 1. The lowest BCUT2D eigenvalue weighted by atomic mass is 10.2. The molecule has 3 amide bonds. The van der Waals surface area contributed by atoms with Crippen LogP contribution in [0.4, 0.5) is 10.5 Å². The molecule has 2 aromatic carbocycles. The molecule has 1 aliphatic heterocycles. The molecule has 0 atom stereocenters. The molecule has 8 nitrogen and oxygen atoms in total. The summed E-state index contributed by atoms with van der Waals surface area (Å²) in [6, 6.07) is 13.2. The third-order valence-corrected chi connectivity index (χ3v) is 5.32. The Hall–Kier alpha value is -3.30. The number of para-hydroxylation sites is 1. The van der Waals surface area contributed by atoms with E-state index in [2.05, 4.69) is 10.1 Å². The van der Waals surface area contributed by atoms with Crippen LogP contribution in [0.3, 0.4) is 0 Å². The van der Waals surface area contributed by atoms with E-state index in [0.717, 1.165) is 16.7 Å². The van der Waals surface area contributed by atoms with Gasteiger partial charge in [0.15, 0.2) is 6.61 Å². The fraction of sp³-hybridized carbons (Fsp3) is 0.143. The number of nitrogens with zero attached hydrogens (tertiary/aromatic N) is 1. The van der Waals surface area contributed by atoms with Crippen LogP contribution in [-0.2, 0) is 19.1 Å². The molecule has 1 fully saturated rings. The summed E-state index contributed by atoms with van der Waals surface area (Å²) in [6.07, 6.45) is 1.54. The van der Waals surface area contributed by atoms with E-state index < -0.39 is 29.6 Å². The van der Waals surface area contributed by atoms with E-state index in [1.54, 1.807) is 54.6 Å². The first-order chi connectivity index (χ1) is 14.9. The summed E-state index contributed by atoms with van der Waals surface area (Å²) < 4.78 is 9.75. The number of benzene rings is 2. The van der Waals surface area contributed by atoms with Gasteiger partial charge in [-0.3, -0.25) is 19.3 Å². The van der Waals surface area contributed by atoms with Crippen LogP contribution in [0.2, 0.25) is 5.02 Å². The largest absolute Gasteiger partial charge is 0.482 e. The van der Waals surface area contributed by atoms with Crippen molar-refractivity contribution in [1.29, 1.82) is 0 Å². The number of carbonyl (C=O) groups is 4. The smallest absolute Gasteiger partial charge is 0.343 e. The van der Waals surface area contributed by atoms with Gasteiger partial charge in [-0.1, -0.05) is 35.9 Å². The fourth-order valence-corrected chi connectivity index (χ4v) is 3.57. The van der Waals surface area contributed by atoms with Gasteiger partial charge < -0.3 is 14.8 Å². The van der Waals surface area contributed by atoms with Crippen LogP contribution in [0.5, 0.6) is 5.75 Å². The predicted molar refractivity (Wildman–Crippen MR) is 117 cm³/mol. The molecule has 0 aliphatic carbocycles. The third-order valence-electron chi connectivity index (χ3n) is 4.09. The molecule has 1 saturated heterocycles. The molecule has 1 N–H and O–H groups in total. The van der Waals surface area contributed by atoms with Crippen molar-refractivity contribution < 1.29 is 28.7 Å². The molecule has 160 valence electrons. The molecule has 31 heavy (non-hydrogen) atoms. The fourth-order valence-electron chi connectivity index (χ4n) is 2.55. The van der Waals surface area contributed by atoms with Gasteiger partial charge in [0.25, 0.3) is 11.1 Å². The maximum Gasteiger partial charge on any atom is 0.343 e. The molecule has 3 rings (SSSR count). The SMILES string of the molecule is COC(=O)COc1ccc(/C=C2/SC(=O)N(CC(=O)Nc3ccccc3Cl)C2=O)cc1. The van der Waals surface area contributed by atoms with Gasteiger partial charge in [0, 0.05) is 0 Å².